The largest absolute Gasteiger partial charge is 0.478 e. The first-order chi connectivity index (χ1) is 11.5. The average Bonchev–Trinajstić information content (AvgIpc) is 2.56. The van der Waals surface area contributed by atoms with E-state index in [1.54, 1.807) is 12.1 Å². The van der Waals surface area contributed by atoms with E-state index in [9.17, 15) is 19.2 Å². The molecule has 0 saturated carbocycles. The summed E-state index contributed by atoms with van der Waals surface area (Å²) in [5.74, 6) is -1.93. The summed E-state index contributed by atoms with van der Waals surface area (Å²) in [6.07, 6.45) is 0.182. The molecule has 0 atom stereocenters. The van der Waals surface area contributed by atoms with Gasteiger partial charge in [-0.25, -0.2) is 4.79 Å². The van der Waals surface area contributed by atoms with E-state index in [-0.39, 0.29) is 17.8 Å². The average molecular weight is 326 g/mol. The normalized spacial score (nSPS) is 9.83. The van der Waals surface area contributed by atoms with Crippen molar-refractivity contribution in [2.75, 3.05) is 10.6 Å². The quantitative estimate of drug-likeness (QED) is 0.410. The number of nitrogens with one attached hydrogen (secondary N) is 2. The van der Waals surface area contributed by atoms with Crippen molar-refractivity contribution in [2.45, 2.75) is 6.42 Å². The summed E-state index contributed by atoms with van der Waals surface area (Å²) in [4.78, 5) is 45.0. The van der Waals surface area contributed by atoms with Gasteiger partial charge in [0.05, 0.1) is 12.0 Å². The number of aromatic carboxylic acids is 1. The lowest BCUT2D eigenvalue weighted by molar-refractivity contribution is -0.115. The number of carbonyl (C=O) groups is 4. The molecule has 0 aliphatic carbocycles. The van der Waals surface area contributed by atoms with Crippen molar-refractivity contribution in [3.63, 3.8) is 0 Å². The van der Waals surface area contributed by atoms with Crippen LogP contribution in [0.4, 0.5) is 11.4 Å². The molecule has 3 N–H and O–H groups in total. The molecule has 0 spiro atoms. The highest BCUT2D eigenvalue weighted by Crippen LogP contribution is 2.13. The van der Waals surface area contributed by atoms with Gasteiger partial charge in [0.15, 0.2) is 5.78 Å². The van der Waals surface area contributed by atoms with Gasteiger partial charge in [0.25, 0.3) is 0 Å². The van der Waals surface area contributed by atoms with Gasteiger partial charge < -0.3 is 15.7 Å². The van der Waals surface area contributed by atoms with Crippen LogP contribution in [0.1, 0.15) is 27.1 Å². The van der Waals surface area contributed by atoms with Gasteiger partial charge in [-0.3, -0.25) is 14.4 Å². The first-order valence-electron chi connectivity index (χ1n) is 6.96. The van der Waals surface area contributed by atoms with Crippen LogP contribution in [0.25, 0.3) is 0 Å². The molecule has 0 heterocycles. The zero-order chi connectivity index (χ0) is 17.5. The van der Waals surface area contributed by atoms with E-state index in [1.807, 2.05) is 0 Å². The molecule has 0 fully saturated rings. The number of Topliss-reactive ketones (excluding diaryl/α,β-unsaturated/α-hetero) is 1. The Labute approximate surface area is 137 Å². The number of anilines is 2. The van der Waals surface area contributed by atoms with Crippen LogP contribution < -0.4 is 10.6 Å². The molecule has 0 radical (unpaired) electrons. The molecule has 2 amide bonds. The summed E-state index contributed by atoms with van der Waals surface area (Å²) >= 11 is 0. The number of benzene rings is 2. The summed E-state index contributed by atoms with van der Waals surface area (Å²) < 4.78 is 0. The maximum atomic E-state index is 12.0. The number of hydrogen-bond acceptors (Lipinski definition) is 4. The van der Waals surface area contributed by atoms with Crippen molar-refractivity contribution in [1.29, 1.82) is 0 Å². The van der Waals surface area contributed by atoms with Crippen LogP contribution in [-0.4, -0.2) is 29.2 Å². The van der Waals surface area contributed by atoms with Crippen molar-refractivity contribution >= 4 is 35.4 Å². The highest BCUT2D eigenvalue weighted by atomic mass is 16.4. The highest BCUT2D eigenvalue weighted by molar-refractivity contribution is 6.11. The molecule has 2 aromatic rings. The summed E-state index contributed by atoms with van der Waals surface area (Å²) in [6, 6.07) is 11.8. The lowest BCUT2D eigenvalue weighted by Crippen LogP contribution is -2.16. The van der Waals surface area contributed by atoms with E-state index >= 15 is 0 Å². The highest BCUT2D eigenvalue weighted by Gasteiger charge is 2.12. The minimum absolute atomic E-state index is 0.105. The molecule has 24 heavy (non-hydrogen) atoms. The molecule has 0 aliphatic heterocycles. The van der Waals surface area contributed by atoms with E-state index in [2.05, 4.69) is 10.6 Å². The Bertz CT molecular complexity index is 767. The molecule has 2 rings (SSSR count). The molecule has 7 heteroatoms. The van der Waals surface area contributed by atoms with Gasteiger partial charge in [0.2, 0.25) is 12.3 Å². The Morgan fingerprint density at radius 3 is 1.96 bits per heavy atom. The standard InChI is InChI=1S/C17H14N2O5/c20-10-18-13-5-1-11(2-6-13)15(21)9-16(22)19-14-7-3-12(4-8-14)17(23)24/h1-8,10H,9H2,(H,18,20)(H,19,22)(H,23,24). The second-order valence-electron chi connectivity index (χ2n) is 4.87. The predicted octanol–water partition coefficient (Wildman–Crippen LogP) is 2.16. The second-order valence-corrected chi connectivity index (χ2v) is 4.87. The molecule has 0 unspecified atom stereocenters. The summed E-state index contributed by atoms with van der Waals surface area (Å²) in [5, 5.41) is 13.8. The predicted molar refractivity (Wildman–Crippen MR) is 87.1 cm³/mol. The minimum atomic E-state index is -1.06. The van der Waals surface area contributed by atoms with Gasteiger partial charge in [-0.15, -0.1) is 0 Å². The molecular weight excluding hydrogens is 312 g/mol. The summed E-state index contributed by atoms with van der Waals surface area (Å²) in [7, 11) is 0. The number of carboxylic acids is 1. The van der Waals surface area contributed by atoms with Crippen molar-refractivity contribution < 1.29 is 24.3 Å². The molecule has 0 saturated heterocycles. The van der Waals surface area contributed by atoms with Crippen LogP contribution in [0, 0.1) is 0 Å². The third-order valence-corrected chi connectivity index (χ3v) is 3.17. The zero-order valence-electron chi connectivity index (χ0n) is 12.5. The number of rotatable bonds is 7. The number of amides is 2. The molecule has 122 valence electrons. The Balaban J connectivity index is 1.94. The first kappa shape index (κ1) is 16.9. The number of hydrogen-bond donors (Lipinski definition) is 3. The van der Waals surface area contributed by atoms with Crippen molar-refractivity contribution in [1.82, 2.24) is 0 Å². The summed E-state index contributed by atoms with van der Waals surface area (Å²) in [6.45, 7) is 0. The number of carboxylic acid groups (broad SMARTS) is 1. The van der Waals surface area contributed by atoms with E-state index in [0.717, 1.165) is 0 Å². The third kappa shape index (κ3) is 4.51. The fourth-order valence-corrected chi connectivity index (χ4v) is 1.97. The molecule has 2 aromatic carbocycles. The van der Waals surface area contributed by atoms with Gasteiger partial charge in [-0.1, -0.05) is 0 Å². The van der Waals surface area contributed by atoms with Crippen LogP contribution in [0.15, 0.2) is 48.5 Å². The topological polar surface area (TPSA) is 113 Å². The van der Waals surface area contributed by atoms with Gasteiger partial charge in [-0.05, 0) is 48.5 Å². The summed E-state index contributed by atoms with van der Waals surface area (Å²) in [5.41, 5.74) is 1.41. The van der Waals surface area contributed by atoms with Crippen LogP contribution in [-0.2, 0) is 9.59 Å². The van der Waals surface area contributed by atoms with Crippen LogP contribution in [0.2, 0.25) is 0 Å². The minimum Gasteiger partial charge on any atom is -0.478 e. The van der Waals surface area contributed by atoms with Crippen molar-refractivity contribution in [3.8, 4) is 0 Å². The molecule has 0 aromatic heterocycles. The molecular formula is C17H14N2O5. The van der Waals surface area contributed by atoms with E-state index in [4.69, 9.17) is 5.11 Å². The maximum absolute atomic E-state index is 12.0. The Morgan fingerprint density at radius 2 is 1.42 bits per heavy atom. The Hall–Kier alpha value is -3.48. The Kier molecular flexibility index (Phi) is 5.40. The SMILES string of the molecule is O=CNc1ccc(C(=O)CC(=O)Nc2ccc(C(=O)O)cc2)cc1. The molecule has 0 bridgehead atoms. The lowest BCUT2D eigenvalue weighted by atomic mass is 10.1. The van der Waals surface area contributed by atoms with E-state index < -0.39 is 11.9 Å². The van der Waals surface area contributed by atoms with Gasteiger partial charge in [-0.2, -0.15) is 0 Å². The Morgan fingerprint density at radius 1 is 0.875 bits per heavy atom. The number of ketones is 1. The first-order valence-corrected chi connectivity index (χ1v) is 6.96. The van der Waals surface area contributed by atoms with Crippen molar-refractivity contribution in [3.05, 3.63) is 59.7 Å². The zero-order valence-corrected chi connectivity index (χ0v) is 12.5. The van der Waals surface area contributed by atoms with Gasteiger partial charge in [0, 0.05) is 16.9 Å². The maximum Gasteiger partial charge on any atom is 0.335 e. The fraction of sp³-hybridized carbons (Fsp3) is 0.0588. The van der Waals surface area contributed by atoms with Gasteiger partial charge >= 0.3 is 5.97 Å². The molecule has 7 nitrogen and oxygen atoms in total. The smallest absolute Gasteiger partial charge is 0.335 e. The number of carbonyl (C=O) groups excluding carboxylic acids is 3. The van der Waals surface area contributed by atoms with Crippen LogP contribution in [0.3, 0.4) is 0 Å². The second kappa shape index (κ2) is 7.68. The van der Waals surface area contributed by atoms with E-state index in [1.165, 1.54) is 36.4 Å². The van der Waals surface area contributed by atoms with Gasteiger partial charge in [0.1, 0.15) is 0 Å². The fourth-order valence-electron chi connectivity index (χ4n) is 1.97. The van der Waals surface area contributed by atoms with Crippen LogP contribution in [0.5, 0.6) is 0 Å². The monoisotopic (exact) mass is 326 g/mol. The third-order valence-electron chi connectivity index (χ3n) is 3.17. The molecule has 0 aliphatic rings. The van der Waals surface area contributed by atoms with E-state index in [0.29, 0.717) is 23.3 Å². The van der Waals surface area contributed by atoms with Crippen LogP contribution >= 0.6 is 0 Å². The lowest BCUT2D eigenvalue weighted by Gasteiger charge is -2.06. The van der Waals surface area contributed by atoms with Crippen molar-refractivity contribution in [2.24, 2.45) is 0 Å².